The fourth-order valence-electron chi connectivity index (χ4n) is 3.02. The number of nitrogens with zero attached hydrogens (tertiary/aromatic N) is 2. The van der Waals surface area contributed by atoms with E-state index in [1.54, 1.807) is 18.2 Å². The quantitative estimate of drug-likeness (QED) is 0.469. The second kappa shape index (κ2) is 8.16. The van der Waals surface area contributed by atoms with Crippen LogP contribution in [0, 0.1) is 5.82 Å². The first-order valence-electron chi connectivity index (χ1n) is 9.12. The second-order valence-corrected chi connectivity index (χ2v) is 6.54. The molecule has 1 N–H and O–H groups in total. The Morgan fingerprint density at radius 2 is 1.87 bits per heavy atom. The Bertz CT molecular complexity index is 1230. The van der Waals surface area contributed by atoms with Gasteiger partial charge in [0, 0.05) is 30.1 Å². The van der Waals surface area contributed by atoms with E-state index in [1.165, 1.54) is 43.6 Å². The Labute approximate surface area is 171 Å². The normalized spacial score (nSPS) is 10.7. The monoisotopic (exact) mass is 404 g/mol. The molecule has 0 amide bonds. The molecule has 0 aliphatic rings. The minimum atomic E-state index is -0.339. The summed E-state index contributed by atoms with van der Waals surface area (Å²) in [4.78, 5) is 21.0. The van der Waals surface area contributed by atoms with E-state index in [0.717, 1.165) is 10.9 Å². The predicted octanol–water partition coefficient (Wildman–Crippen LogP) is 4.70. The first-order chi connectivity index (χ1) is 14.5. The summed E-state index contributed by atoms with van der Waals surface area (Å²) in [6.07, 6.45) is 1.48. The van der Waals surface area contributed by atoms with Crippen molar-refractivity contribution >= 4 is 16.7 Å². The van der Waals surface area contributed by atoms with Crippen molar-refractivity contribution in [2.45, 2.75) is 6.42 Å². The summed E-state index contributed by atoms with van der Waals surface area (Å²) >= 11 is 0. The van der Waals surface area contributed by atoms with Gasteiger partial charge in [-0.25, -0.2) is 14.4 Å². The van der Waals surface area contributed by atoms with Crippen molar-refractivity contribution in [1.29, 1.82) is 0 Å². The molecule has 0 atom stereocenters. The number of halogens is 1. The number of pyridine rings is 2. The maximum absolute atomic E-state index is 13.0. The van der Waals surface area contributed by atoms with E-state index in [-0.39, 0.29) is 35.2 Å². The first kappa shape index (κ1) is 19.3. The molecule has 0 spiro atoms. The Kier molecular flexibility index (Phi) is 5.26. The molecule has 0 radical (unpaired) electrons. The summed E-state index contributed by atoms with van der Waals surface area (Å²) < 4.78 is 23.7. The van der Waals surface area contributed by atoms with Crippen molar-refractivity contribution in [3.63, 3.8) is 0 Å². The third kappa shape index (κ3) is 4.05. The molecule has 30 heavy (non-hydrogen) atoms. The number of rotatable bonds is 6. The summed E-state index contributed by atoms with van der Waals surface area (Å²) in [6, 6.07) is 16.1. The minimum Gasteiger partial charge on any atom is -0.503 e. The lowest BCUT2D eigenvalue weighted by Gasteiger charge is -2.08. The van der Waals surface area contributed by atoms with Crippen molar-refractivity contribution < 1.29 is 23.8 Å². The van der Waals surface area contributed by atoms with Gasteiger partial charge in [0.25, 0.3) is 0 Å². The SMILES string of the molecule is COc1ccnc(C(=O)Cc2ccc3nc(Oc4ccc(F)cc4)ccc3c2)c1O. The van der Waals surface area contributed by atoms with Crippen molar-refractivity contribution in [2.24, 2.45) is 0 Å². The van der Waals surface area contributed by atoms with E-state index in [4.69, 9.17) is 9.47 Å². The average Bonchev–Trinajstić information content (AvgIpc) is 2.75. The summed E-state index contributed by atoms with van der Waals surface area (Å²) in [6.45, 7) is 0. The van der Waals surface area contributed by atoms with Crippen LogP contribution < -0.4 is 9.47 Å². The zero-order valence-corrected chi connectivity index (χ0v) is 16.0. The Balaban J connectivity index is 1.54. The zero-order chi connectivity index (χ0) is 21.1. The minimum absolute atomic E-state index is 0.0318. The number of ketones is 1. The van der Waals surface area contributed by atoms with Crippen LogP contribution in [0.5, 0.6) is 23.1 Å². The van der Waals surface area contributed by atoms with Gasteiger partial charge in [-0.15, -0.1) is 0 Å². The number of carbonyl (C=O) groups excluding carboxylic acids is 1. The predicted molar refractivity (Wildman–Crippen MR) is 109 cm³/mol. The molecule has 0 unspecified atom stereocenters. The van der Waals surface area contributed by atoms with Crippen LogP contribution in [0.25, 0.3) is 10.9 Å². The van der Waals surface area contributed by atoms with Gasteiger partial charge in [-0.1, -0.05) is 6.07 Å². The number of aromatic hydroxyl groups is 1. The van der Waals surface area contributed by atoms with Crippen LogP contribution in [-0.2, 0) is 6.42 Å². The smallest absolute Gasteiger partial charge is 0.219 e. The highest BCUT2D eigenvalue weighted by Gasteiger charge is 2.17. The molecule has 0 fully saturated rings. The molecule has 4 rings (SSSR count). The van der Waals surface area contributed by atoms with Gasteiger partial charge in [-0.2, -0.15) is 0 Å². The average molecular weight is 404 g/mol. The highest BCUT2D eigenvalue weighted by atomic mass is 19.1. The number of fused-ring (bicyclic) bond motifs is 1. The van der Waals surface area contributed by atoms with Crippen LogP contribution in [0.2, 0.25) is 0 Å². The van der Waals surface area contributed by atoms with Crippen molar-refractivity contribution in [3.05, 3.63) is 83.9 Å². The number of methoxy groups -OCH3 is 1. The van der Waals surface area contributed by atoms with Crippen LogP contribution in [-0.4, -0.2) is 28.0 Å². The molecular weight excluding hydrogens is 387 g/mol. The van der Waals surface area contributed by atoms with Crippen molar-refractivity contribution in [1.82, 2.24) is 9.97 Å². The van der Waals surface area contributed by atoms with Crippen LogP contribution in [0.4, 0.5) is 4.39 Å². The maximum atomic E-state index is 13.0. The van der Waals surface area contributed by atoms with E-state index < -0.39 is 0 Å². The third-order valence-electron chi connectivity index (χ3n) is 4.50. The number of benzene rings is 2. The van der Waals surface area contributed by atoms with Gasteiger partial charge in [0.2, 0.25) is 5.88 Å². The molecule has 0 bridgehead atoms. The van der Waals surface area contributed by atoms with E-state index in [1.807, 2.05) is 12.1 Å². The third-order valence-corrected chi connectivity index (χ3v) is 4.50. The highest BCUT2D eigenvalue weighted by Crippen LogP contribution is 2.29. The number of aromatic nitrogens is 2. The molecule has 6 nitrogen and oxygen atoms in total. The van der Waals surface area contributed by atoms with Crippen LogP contribution in [0.15, 0.2) is 66.9 Å². The van der Waals surface area contributed by atoms with Gasteiger partial charge < -0.3 is 14.6 Å². The standard InChI is InChI=1S/C23H17FN2O4/c1-29-20-10-11-25-22(23(20)28)19(27)13-14-2-8-18-15(12-14)3-9-21(26-18)30-17-6-4-16(24)5-7-17/h2-12,28H,13H2,1H3. The number of hydrogen-bond donors (Lipinski definition) is 1. The molecule has 0 aliphatic heterocycles. The van der Waals surface area contributed by atoms with Gasteiger partial charge in [0.15, 0.2) is 23.0 Å². The maximum Gasteiger partial charge on any atom is 0.219 e. The lowest BCUT2D eigenvalue weighted by Crippen LogP contribution is -2.07. The molecule has 2 heterocycles. The van der Waals surface area contributed by atoms with Crippen molar-refractivity contribution in [2.75, 3.05) is 7.11 Å². The molecule has 4 aromatic rings. The van der Waals surface area contributed by atoms with Gasteiger partial charge >= 0.3 is 0 Å². The molecule has 0 saturated heterocycles. The molecular formula is C23H17FN2O4. The summed E-state index contributed by atoms with van der Waals surface area (Å²) in [7, 11) is 1.41. The molecule has 150 valence electrons. The van der Waals surface area contributed by atoms with Gasteiger partial charge in [0.05, 0.1) is 12.6 Å². The molecule has 7 heteroatoms. The number of carbonyl (C=O) groups is 1. The fourth-order valence-corrected chi connectivity index (χ4v) is 3.02. The first-order valence-corrected chi connectivity index (χ1v) is 9.12. The lowest BCUT2D eigenvalue weighted by molar-refractivity contribution is 0.0984. The van der Waals surface area contributed by atoms with Gasteiger partial charge in [-0.3, -0.25) is 4.79 Å². The Morgan fingerprint density at radius 3 is 2.63 bits per heavy atom. The van der Waals surface area contributed by atoms with Gasteiger partial charge in [-0.05, 0) is 48.0 Å². The van der Waals surface area contributed by atoms with Gasteiger partial charge in [0.1, 0.15) is 11.6 Å². The Morgan fingerprint density at radius 1 is 1.07 bits per heavy atom. The fraction of sp³-hybridized carbons (Fsp3) is 0.0870. The van der Waals surface area contributed by atoms with E-state index in [0.29, 0.717) is 17.1 Å². The van der Waals surface area contributed by atoms with E-state index in [2.05, 4.69) is 9.97 Å². The topological polar surface area (TPSA) is 81.5 Å². The molecule has 0 saturated carbocycles. The van der Waals surface area contributed by atoms with Crippen LogP contribution in [0.3, 0.4) is 0 Å². The second-order valence-electron chi connectivity index (χ2n) is 6.54. The molecule has 2 aromatic carbocycles. The summed E-state index contributed by atoms with van der Waals surface area (Å²) in [5.41, 5.74) is 1.41. The zero-order valence-electron chi connectivity index (χ0n) is 16.0. The lowest BCUT2D eigenvalue weighted by atomic mass is 10.0. The number of hydrogen-bond acceptors (Lipinski definition) is 6. The molecule has 2 aromatic heterocycles. The number of ether oxygens (including phenoxy) is 2. The van der Waals surface area contributed by atoms with Crippen LogP contribution >= 0.6 is 0 Å². The van der Waals surface area contributed by atoms with Crippen LogP contribution in [0.1, 0.15) is 16.1 Å². The Hall–Kier alpha value is -4.00. The highest BCUT2D eigenvalue weighted by molar-refractivity contribution is 5.99. The van der Waals surface area contributed by atoms with Crippen molar-refractivity contribution in [3.8, 4) is 23.1 Å². The largest absolute Gasteiger partial charge is 0.503 e. The van der Waals surface area contributed by atoms with E-state index in [9.17, 15) is 14.3 Å². The van der Waals surface area contributed by atoms with E-state index >= 15 is 0 Å². The summed E-state index contributed by atoms with van der Waals surface area (Å²) in [5.74, 6) is 0.127. The molecule has 0 aliphatic carbocycles. The summed E-state index contributed by atoms with van der Waals surface area (Å²) in [5, 5.41) is 11.0. The number of Topliss-reactive ketones (excluding diaryl/α,β-unsaturated/α-hetero) is 1.